The zero-order chi connectivity index (χ0) is 24.7. The van der Waals surface area contributed by atoms with Crippen LogP contribution >= 0.6 is 11.6 Å². The molecule has 3 heterocycles. The van der Waals surface area contributed by atoms with Gasteiger partial charge in [0.15, 0.2) is 5.69 Å². The molecule has 2 aromatic rings. The summed E-state index contributed by atoms with van der Waals surface area (Å²) >= 11 is 6.31. The van der Waals surface area contributed by atoms with Crippen molar-refractivity contribution in [2.24, 2.45) is 11.8 Å². The maximum atomic E-state index is 14.5. The Labute approximate surface area is 243 Å². The number of halogens is 4. The molecule has 3 fully saturated rings. The van der Waals surface area contributed by atoms with Crippen molar-refractivity contribution in [3.63, 3.8) is 0 Å². The smallest absolute Gasteiger partial charge is 0.273 e. The number of carbonyl (C=O) groups excluding carboxylic acids is 1. The summed E-state index contributed by atoms with van der Waals surface area (Å²) in [6.45, 7) is 2.62. The number of aryl methyl sites for hydroxylation is 1. The highest BCUT2D eigenvalue weighted by molar-refractivity contribution is 6.28. The van der Waals surface area contributed by atoms with Crippen molar-refractivity contribution in [2.45, 2.75) is 81.3 Å². The van der Waals surface area contributed by atoms with Crippen LogP contribution in [0.3, 0.4) is 0 Å². The van der Waals surface area contributed by atoms with Gasteiger partial charge in [-0.05, 0) is 86.4 Å². The quantitative estimate of drug-likeness (QED) is 0.428. The number of rotatable bonds is 3. The highest BCUT2D eigenvalue weighted by atomic mass is 35.5. The van der Waals surface area contributed by atoms with Crippen LogP contribution in [0.1, 0.15) is 74.1 Å². The van der Waals surface area contributed by atoms with Crippen molar-refractivity contribution in [1.82, 2.24) is 4.90 Å². The third kappa shape index (κ3) is 5.46. The molecule has 3 N–H and O–H groups in total. The minimum absolute atomic E-state index is 0. The number of hydrogen-bond donors (Lipinski definition) is 1. The maximum Gasteiger partial charge on any atom is 0.273 e. The van der Waals surface area contributed by atoms with Gasteiger partial charge in [0.1, 0.15) is 12.1 Å². The Balaban J connectivity index is 0.00000168. The largest absolute Gasteiger partial charge is 1.00 e. The Kier molecular flexibility index (Phi) is 9.66. The second kappa shape index (κ2) is 12.4. The molecule has 1 unspecified atom stereocenters. The van der Waals surface area contributed by atoms with Gasteiger partial charge in [0.05, 0.1) is 18.5 Å². The number of alkyl halides is 1. The zero-order valence-electron chi connectivity index (χ0n) is 21.9. The van der Waals surface area contributed by atoms with E-state index in [0.29, 0.717) is 35.7 Å². The number of likely N-dealkylation sites (tertiary alicyclic amines) is 1. The summed E-state index contributed by atoms with van der Waals surface area (Å²) in [6.07, 6.45) is 7.56. The Morgan fingerprint density at radius 3 is 2.58 bits per heavy atom. The summed E-state index contributed by atoms with van der Waals surface area (Å²) in [6, 6.07) is 15.1. The van der Waals surface area contributed by atoms with Crippen LogP contribution in [0.15, 0.2) is 42.5 Å². The van der Waals surface area contributed by atoms with E-state index in [0.717, 1.165) is 64.6 Å². The average Bonchev–Trinajstić information content (AvgIpc) is 3.32. The number of nitrogens with two attached hydrogens (primary N) is 1. The lowest BCUT2D eigenvalue weighted by Crippen LogP contribution is -3.00. The molecule has 208 valence electrons. The molecule has 2 aliphatic heterocycles. The first-order valence-corrected chi connectivity index (χ1v) is 14.5. The number of quaternary nitrogens is 1. The molecular formula is C30H39Cl3FN3O. The number of carbonyl (C=O) groups is 1. The number of piperidine rings is 1. The molecule has 2 aliphatic carbocycles. The van der Waals surface area contributed by atoms with Gasteiger partial charge in [-0.3, -0.25) is 4.79 Å². The van der Waals surface area contributed by atoms with Gasteiger partial charge in [-0.15, -0.1) is 0 Å². The Hall–Kier alpha value is -1.40. The first kappa shape index (κ1) is 29.6. The first-order valence-electron chi connectivity index (χ1n) is 14.1. The van der Waals surface area contributed by atoms with E-state index in [1.807, 2.05) is 6.07 Å². The molecule has 4 nitrogen and oxygen atoms in total. The van der Waals surface area contributed by atoms with E-state index in [9.17, 15) is 9.18 Å². The highest BCUT2D eigenvalue weighted by Gasteiger charge is 2.56. The van der Waals surface area contributed by atoms with Crippen molar-refractivity contribution in [1.29, 1.82) is 0 Å². The van der Waals surface area contributed by atoms with Crippen LogP contribution in [-0.2, 0) is 16.6 Å². The molecule has 2 saturated heterocycles. The molecule has 1 amide bonds. The van der Waals surface area contributed by atoms with Gasteiger partial charge in [0.2, 0.25) is 5.91 Å². The molecule has 1 saturated carbocycles. The molecule has 8 heteroatoms. The summed E-state index contributed by atoms with van der Waals surface area (Å²) < 4.78 is 14.1. The van der Waals surface area contributed by atoms with E-state index < -0.39 is 6.17 Å². The van der Waals surface area contributed by atoms with E-state index in [1.54, 1.807) is 0 Å². The fraction of sp³-hybridized carbons (Fsp3) is 0.600. The molecule has 1 aromatic carbocycles. The number of amides is 1. The normalized spacial score (nSPS) is 32.7. The number of nitrogens with one attached hydrogen (secondary N) is 1. The van der Waals surface area contributed by atoms with Gasteiger partial charge < -0.3 is 35.0 Å². The van der Waals surface area contributed by atoms with Crippen LogP contribution in [0.5, 0.6) is 0 Å². The highest BCUT2D eigenvalue weighted by Crippen LogP contribution is 2.46. The Morgan fingerprint density at radius 2 is 1.82 bits per heavy atom. The fourth-order valence-electron chi connectivity index (χ4n) is 8.09. The minimum atomic E-state index is -0.673. The predicted molar refractivity (Wildman–Crippen MR) is 139 cm³/mol. The van der Waals surface area contributed by atoms with Crippen molar-refractivity contribution in [2.75, 3.05) is 19.6 Å². The number of aromatic nitrogens is 1. The molecule has 1 aromatic heterocycles. The van der Waals surface area contributed by atoms with Crippen molar-refractivity contribution >= 4 is 17.5 Å². The average molecular weight is 583 g/mol. The fourth-order valence-corrected chi connectivity index (χ4v) is 8.26. The number of nitrogens with zero attached hydrogens (tertiary/aromatic N) is 1. The van der Waals surface area contributed by atoms with E-state index >= 15 is 0 Å². The van der Waals surface area contributed by atoms with Gasteiger partial charge in [-0.1, -0.05) is 30.3 Å². The summed E-state index contributed by atoms with van der Waals surface area (Å²) in [5.41, 5.74) is 3.78. The van der Waals surface area contributed by atoms with Gasteiger partial charge in [0, 0.05) is 30.6 Å². The molecule has 4 atom stereocenters. The number of benzene rings is 1. The molecular weight excluding hydrogens is 544 g/mol. The number of H-pyrrole nitrogens is 1. The topological polar surface area (TPSA) is 51.1 Å². The van der Waals surface area contributed by atoms with E-state index in [4.69, 9.17) is 11.6 Å². The SMILES string of the molecule is O=C(C1C[NH2+]C[C@]12CCCc1[nH+]c(Cl)ccc12)N1CC[C@@H](c2ccccc2)C[C@H]1C1CCC(F)CC1.[Cl-].[Cl-]. The molecule has 4 aliphatic rings. The third-order valence-electron chi connectivity index (χ3n) is 9.90. The van der Waals surface area contributed by atoms with Crippen LogP contribution in [0.25, 0.3) is 0 Å². The van der Waals surface area contributed by atoms with E-state index in [2.05, 4.69) is 51.6 Å². The second-order valence-electron chi connectivity index (χ2n) is 11.7. The monoisotopic (exact) mass is 581 g/mol. The molecule has 0 radical (unpaired) electrons. The lowest BCUT2D eigenvalue weighted by molar-refractivity contribution is -0.640. The van der Waals surface area contributed by atoms with Crippen molar-refractivity contribution < 1.29 is 44.3 Å². The van der Waals surface area contributed by atoms with Gasteiger partial charge in [-0.25, -0.2) is 4.39 Å². The summed E-state index contributed by atoms with van der Waals surface area (Å²) in [5.74, 6) is 1.20. The number of hydrogen-bond acceptors (Lipinski definition) is 1. The van der Waals surface area contributed by atoms with E-state index in [-0.39, 0.29) is 42.2 Å². The Morgan fingerprint density at radius 1 is 1.05 bits per heavy atom. The van der Waals surface area contributed by atoms with Crippen LogP contribution in [-0.4, -0.2) is 42.7 Å². The molecule has 6 rings (SSSR count). The summed E-state index contributed by atoms with van der Waals surface area (Å²) in [4.78, 5) is 20.2. The first-order chi connectivity index (χ1) is 17.5. The van der Waals surface area contributed by atoms with Crippen LogP contribution < -0.4 is 35.1 Å². The lowest BCUT2D eigenvalue weighted by atomic mass is 9.64. The zero-order valence-corrected chi connectivity index (χ0v) is 24.1. The predicted octanol–water partition coefficient (Wildman–Crippen LogP) is -1.77. The van der Waals surface area contributed by atoms with Crippen molar-refractivity contribution in [3.05, 3.63) is 64.4 Å². The molecule has 0 bridgehead atoms. The summed E-state index contributed by atoms with van der Waals surface area (Å²) in [7, 11) is 0. The molecule has 38 heavy (non-hydrogen) atoms. The second-order valence-corrected chi connectivity index (χ2v) is 12.1. The van der Waals surface area contributed by atoms with E-state index in [1.165, 1.54) is 16.8 Å². The van der Waals surface area contributed by atoms with Gasteiger partial charge in [-0.2, -0.15) is 4.98 Å². The third-order valence-corrected chi connectivity index (χ3v) is 10.1. The standard InChI is InChI=1S/C30H37ClFN3O.2ClH/c31-28-13-12-24-26(34-28)7-4-15-30(24)19-33-18-25(30)29(36)35-16-14-22(20-5-2-1-3-6-20)17-27(35)21-8-10-23(32)11-9-21;;/h1-3,5-6,12-13,21-23,25,27,33H,4,7-11,14-19H2;2*1H/t21?,22-,23?,25?,27+,30+;;/m1../s1. The maximum absolute atomic E-state index is 14.5. The van der Waals surface area contributed by atoms with Gasteiger partial charge >= 0.3 is 0 Å². The minimum Gasteiger partial charge on any atom is -1.00 e. The Bertz CT molecular complexity index is 1100. The number of aromatic amines is 1. The van der Waals surface area contributed by atoms with Gasteiger partial charge in [0.25, 0.3) is 5.15 Å². The van der Waals surface area contributed by atoms with Crippen LogP contribution in [0.4, 0.5) is 4.39 Å². The number of fused-ring (bicyclic) bond motifs is 2. The van der Waals surface area contributed by atoms with Crippen molar-refractivity contribution in [3.8, 4) is 0 Å². The lowest BCUT2D eigenvalue weighted by Gasteiger charge is -2.47. The van der Waals surface area contributed by atoms with Crippen LogP contribution in [0, 0.1) is 11.8 Å². The van der Waals surface area contributed by atoms with Crippen LogP contribution in [0.2, 0.25) is 5.15 Å². The number of pyridine rings is 1. The molecule has 1 spiro atoms. The summed E-state index contributed by atoms with van der Waals surface area (Å²) in [5, 5.41) is 3.02.